The lowest BCUT2D eigenvalue weighted by atomic mass is 9.96. The summed E-state index contributed by atoms with van der Waals surface area (Å²) in [6.45, 7) is 3.47. The fraction of sp³-hybridized carbons (Fsp3) is 0.600. The highest BCUT2D eigenvalue weighted by Crippen LogP contribution is 2.42. The molecule has 19 heavy (non-hydrogen) atoms. The SMILES string of the molecule is COc1cc2c(cc1OC)C(N1CCCC1)CCN2. The van der Waals surface area contributed by atoms with Gasteiger partial charge in [0.25, 0.3) is 0 Å². The summed E-state index contributed by atoms with van der Waals surface area (Å²) >= 11 is 0. The summed E-state index contributed by atoms with van der Waals surface area (Å²) in [5.41, 5.74) is 2.55. The van der Waals surface area contributed by atoms with Crippen LogP contribution in [0.2, 0.25) is 0 Å². The van der Waals surface area contributed by atoms with Crippen molar-refractivity contribution < 1.29 is 9.47 Å². The Morgan fingerprint density at radius 1 is 1.11 bits per heavy atom. The molecule has 2 heterocycles. The molecule has 0 aliphatic carbocycles. The van der Waals surface area contributed by atoms with Gasteiger partial charge in [-0.25, -0.2) is 0 Å². The summed E-state index contributed by atoms with van der Waals surface area (Å²) in [5, 5.41) is 3.48. The van der Waals surface area contributed by atoms with Crippen molar-refractivity contribution in [2.75, 3.05) is 39.2 Å². The Balaban J connectivity index is 1.98. The van der Waals surface area contributed by atoms with Crippen molar-refractivity contribution in [3.63, 3.8) is 0 Å². The first-order valence-corrected chi connectivity index (χ1v) is 7.07. The molecule has 0 bridgehead atoms. The molecule has 2 aliphatic heterocycles. The maximum absolute atomic E-state index is 5.44. The highest BCUT2D eigenvalue weighted by atomic mass is 16.5. The van der Waals surface area contributed by atoms with Crippen molar-refractivity contribution in [3.8, 4) is 11.5 Å². The number of benzene rings is 1. The number of rotatable bonds is 3. The van der Waals surface area contributed by atoms with Crippen LogP contribution < -0.4 is 14.8 Å². The van der Waals surface area contributed by atoms with Gasteiger partial charge in [-0.1, -0.05) is 0 Å². The molecule has 104 valence electrons. The third kappa shape index (κ3) is 2.25. The van der Waals surface area contributed by atoms with E-state index in [4.69, 9.17) is 9.47 Å². The van der Waals surface area contributed by atoms with Gasteiger partial charge >= 0.3 is 0 Å². The first-order chi connectivity index (χ1) is 9.33. The zero-order chi connectivity index (χ0) is 13.2. The monoisotopic (exact) mass is 262 g/mol. The molecule has 1 aromatic rings. The summed E-state index contributed by atoms with van der Waals surface area (Å²) in [6.07, 6.45) is 3.82. The zero-order valence-corrected chi connectivity index (χ0v) is 11.7. The van der Waals surface area contributed by atoms with Gasteiger partial charge in [0.15, 0.2) is 11.5 Å². The minimum Gasteiger partial charge on any atom is -0.493 e. The smallest absolute Gasteiger partial charge is 0.162 e. The van der Waals surface area contributed by atoms with E-state index in [-0.39, 0.29) is 0 Å². The van der Waals surface area contributed by atoms with E-state index < -0.39 is 0 Å². The van der Waals surface area contributed by atoms with Crippen molar-refractivity contribution in [1.29, 1.82) is 0 Å². The molecule has 1 aromatic carbocycles. The molecule has 0 radical (unpaired) electrons. The molecular formula is C15H22N2O2. The van der Waals surface area contributed by atoms with Crippen LogP contribution in [0.25, 0.3) is 0 Å². The van der Waals surface area contributed by atoms with Gasteiger partial charge in [0.2, 0.25) is 0 Å². The van der Waals surface area contributed by atoms with E-state index in [2.05, 4.69) is 22.3 Å². The molecule has 1 unspecified atom stereocenters. The number of anilines is 1. The predicted molar refractivity (Wildman–Crippen MR) is 76.2 cm³/mol. The largest absolute Gasteiger partial charge is 0.493 e. The molecule has 3 rings (SSSR count). The van der Waals surface area contributed by atoms with E-state index in [1.54, 1.807) is 14.2 Å². The quantitative estimate of drug-likeness (QED) is 0.908. The van der Waals surface area contributed by atoms with Gasteiger partial charge in [-0.05, 0) is 44.0 Å². The van der Waals surface area contributed by atoms with Crippen LogP contribution in [0.3, 0.4) is 0 Å². The van der Waals surface area contributed by atoms with Crippen molar-refractivity contribution in [2.24, 2.45) is 0 Å². The average Bonchev–Trinajstić information content (AvgIpc) is 2.99. The maximum atomic E-state index is 5.44. The summed E-state index contributed by atoms with van der Waals surface area (Å²) < 4.78 is 10.8. The molecular weight excluding hydrogens is 240 g/mol. The molecule has 0 spiro atoms. The number of nitrogens with zero attached hydrogens (tertiary/aromatic N) is 1. The highest BCUT2D eigenvalue weighted by Gasteiger charge is 2.29. The molecule has 4 nitrogen and oxygen atoms in total. The lowest BCUT2D eigenvalue weighted by Crippen LogP contribution is -2.31. The fourth-order valence-electron chi connectivity index (χ4n) is 3.26. The Bertz CT molecular complexity index is 456. The van der Waals surface area contributed by atoms with Gasteiger partial charge < -0.3 is 14.8 Å². The van der Waals surface area contributed by atoms with Crippen LogP contribution in [0.15, 0.2) is 12.1 Å². The first kappa shape index (κ1) is 12.6. The number of hydrogen-bond donors (Lipinski definition) is 1. The lowest BCUT2D eigenvalue weighted by Gasteiger charge is -2.34. The van der Waals surface area contributed by atoms with E-state index >= 15 is 0 Å². The number of fused-ring (bicyclic) bond motifs is 1. The van der Waals surface area contributed by atoms with Gasteiger partial charge in [-0.2, -0.15) is 0 Å². The molecule has 1 N–H and O–H groups in total. The van der Waals surface area contributed by atoms with E-state index in [0.29, 0.717) is 6.04 Å². The second kappa shape index (κ2) is 5.29. The van der Waals surface area contributed by atoms with E-state index in [1.165, 1.54) is 43.6 Å². The summed E-state index contributed by atoms with van der Waals surface area (Å²) in [7, 11) is 3.39. The normalized spacial score (nSPS) is 22.7. The van der Waals surface area contributed by atoms with Crippen molar-refractivity contribution >= 4 is 5.69 Å². The van der Waals surface area contributed by atoms with Gasteiger partial charge in [0.1, 0.15) is 0 Å². The van der Waals surface area contributed by atoms with Crippen molar-refractivity contribution in [3.05, 3.63) is 17.7 Å². The highest BCUT2D eigenvalue weighted by molar-refractivity contribution is 5.63. The second-order valence-corrected chi connectivity index (χ2v) is 5.27. The fourth-order valence-corrected chi connectivity index (χ4v) is 3.26. The zero-order valence-electron chi connectivity index (χ0n) is 11.7. The van der Waals surface area contributed by atoms with Gasteiger partial charge in [-0.15, -0.1) is 0 Å². The standard InChI is InChI=1S/C15H22N2O2/c1-18-14-9-11-12(10-15(14)19-2)16-6-5-13(11)17-7-3-4-8-17/h9-10,13,16H,3-8H2,1-2H3. The summed E-state index contributed by atoms with van der Waals surface area (Å²) in [6, 6.07) is 4.73. The Morgan fingerprint density at radius 2 is 1.79 bits per heavy atom. The lowest BCUT2D eigenvalue weighted by molar-refractivity contribution is 0.233. The molecule has 2 aliphatic rings. The van der Waals surface area contributed by atoms with E-state index in [0.717, 1.165) is 18.0 Å². The molecule has 1 fully saturated rings. The Labute approximate surface area is 114 Å². The topological polar surface area (TPSA) is 33.7 Å². The summed E-state index contributed by atoms with van der Waals surface area (Å²) in [5.74, 6) is 1.63. The van der Waals surface area contributed by atoms with Crippen LogP contribution in [0, 0.1) is 0 Å². The number of ether oxygens (including phenoxy) is 2. The van der Waals surface area contributed by atoms with Crippen LogP contribution in [-0.2, 0) is 0 Å². The van der Waals surface area contributed by atoms with Crippen LogP contribution in [0.1, 0.15) is 30.9 Å². The molecule has 1 saturated heterocycles. The minimum absolute atomic E-state index is 0.526. The van der Waals surface area contributed by atoms with E-state index in [9.17, 15) is 0 Å². The molecule has 0 amide bonds. The van der Waals surface area contributed by atoms with Crippen LogP contribution >= 0.6 is 0 Å². The Hall–Kier alpha value is -1.42. The average molecular weight is 262 g/mol. The Kier molecular flexibility index (Phi) is 3.51. The number of likely N-dealkylation sites (tertiary alicyclic amines) is 1. The number of methoxy groups -OCH3 is 2. The molecule has 0 aromatic heterocycles. The molecule has 0 saturated carbocycles. The maximum Gasteiger partial charge on any atom is 0.162 e. The third-order valence-corrected chi connectivity index (χ3v) is 4.23. The third-order valence-electron chi connectivity index (χ3n) is 4.23. The van der Waals surface area contributed by atoms with Crippen molar-refractivity contribution in [1.82, 2.24) is 4.90 Å². The summed E-state index contributed by atoms with van der Waals surface area (Å²) in [4.78, 5) is 2.60. The number of nitrogens with one attached hydrogen (secondary N) is 1. The van der Waals surface area contributed by atoms with Gasteiger partial charge in [0, 0.05) is 24.3 Å². The molecule has 1 atom stereocenters. The van der Waals surface area contributed by atoms with Crippen LogP contribution in [0.5, 0.6) is 11.5 Å². The van der Waals surface area contributed by atoms with Crippen LogP contribution in [-0.4, -0.2) is 38.8 Å². The second-order valence-electron chi connectivity index (χ2n) is 5.27. The van der Waals surface area contributed by atoms with Gasteiger partial charge in [-0.3, -0.25) is 4.90 Å². The van der Waals surface area contributed by atoms with Crippen molar-refractivity contribution in [2.45, 2.75) is 25.3 Å². The first-order valence-electron chi connectivity index (χ1n) is 7.07. The van der Waals surface area contributed by atoms with Gasteiger partial charge in [0.05, 0.1) is 14.2 Å². The number of hydrogen-bond acceptors (Lipinski definition) is 4. The predicted octanol–water partition coefficient (Wildman–Crippen LogP) is 2.66. The molecule has 4 heteroatoms. The van der Waals surface area contributed by atoms with Crippen LogP contribution in [0.4, 0.5) is 5.69 Å². The minimum atomic E-state index is 0.526. The Morgan fingerprint density at radius 3 is 2.47 bits per heavy atom. The van der Waals surface area contributed by atoms with E-state index in [1.807, 2.05) is 0 Å².